The van der Waals surface area contributed by atoms with Gasteiger partial charge in [0.1, 0.15) is 11.5 Å². The molecule has 0 aliphatic carbocycles. The maximum Gasteiger partial charge on any atom is 0.224 e. The lowest BCUT2D eigenvalue weighted by Gasteiger charge is -2.22. The number of methoxy groups -OCH3 is 1. The molecule has 33 heavy (non-hydrogen) atoms. The molecular weight excluding hydrogens is 451 g/mol. The van der Waals surface area contributed by atoms with Crippen LogP contribution in [-0.4, -0.2) is 42.6 Å². The van der Waals surface area contributed by atoms with Gasteiger partial charge in [-0.3, -0.25) is 0 Å². The van der Waals surface area contributed by atoms with Crippen molar-refractivity contribution in [2.24, 2.45) is 11.7 Å². The van der Waals surface area contributed by atoms with E-state index in [-0.39, 0.29) is 0 Å². The van der Waals surface area contributed by atoms with Crippen molar-refractivity contribution in [2.75, 3.05) is 33.4 Å². The predicted molar refractivity (Wildman–Crippen MR) is 146 cm³/mol. The second-order valence-electron chi connectivity index (χ2n) is 7.06. The summed E-state index contributed by atoms with van der Waals surface area (Å²) in [7, 11) is 0.403. The Morgan fingerprint density at radius 2 is 1.52 bits per heavy atom. The van der Waals surface area contributed by atoms with Gasteiger partial charge in [0.05, 0.1) is 7.11 Å². The summed E-state index contributed by atoms with van der Waals surface area (Å²) >= 11 is 1.80. The fourth-order valence-corrected chi connectivity index (χ4v) is 3.96. The number of nitrogens with zero attached hydrogens (tertiary/aromatic N) is 1. The first-order chi connectivity index (χ1) is 15.8. The number of rotatable bonds is 10. The molecule has 0 saturated heterocycles. The Bertz CT molecular complexity index is 742. The molecule has 0 heterocycles. The largest absolute Gasteiger partial charge is 0.497 e. The Hall–Kier alpha value is -2.18. The Morgan fingerprint density at radius 1 is 1.00 bits per heavy atom. The van der Waals surface area contributed by atoms with Gasteiger partial charge in [-0.05, 0) is 74.2 Å². The lowest BCUT2D eigenvalue weighted by molar-refractivity contribution is 0.402. The lowest BCUT2D eigenvalue weighted by atomic mass is 10.2. The van der Waals surface area contributed by atoms with Gasteiger partial charge >= 0.3 is 0 Å². The van der Waals surface area contributed by atoms with Crippen LogP contribution >= 0.6 is 20.3 Å². The Labute approximate surface area is 207 Å². The van der Waals surface area contributed by atoms with E-state index in [0.717, 1.165) is 37.6 Å². The van der Waals surface area contributed by atoms with E-state index in [2.05, 4.69) is 56.0 Å². The van der Waals surface area contributed by atoms with Crippen molar-refractivity contribution in [2.45, 2.75) is 32.1 Å². The number of aryl methyl sites for hydroxylation is 1. The maximum absolute atomic E-state index is 8.92. The predicted octanol–water partition coefficient (Wildman–Crippen LogP) is 5.82. The molecule has 0 radical (unpaired) electrons. The molecular formula is C26H39N2O3PS. The molecule has 0 spiro atoms. The van der Waals surface area contributed by atoms with Crippen molar-refractivity contribution in [1.82, 2.24) is 4.31 Å². The first-order valence-corrected chi connectivity index (χ1v) is 12.9. The van der Waals surface area contributed by atoms with Crippen molar-refractivity contribution in [3.63, 3.8) is 0 Å². The highest BCUT2D eigenvalue weighted by atomic mass is 32.2. The van der Waals surface area contributed by atoms with E-state index < -0.39 is 8.38 Å². The van der Waals surface area contributed by atoms with Gasteiger partial charge in [-0.1, -0.05) is 31.5 Å². The van der Waals surface area contributed by atoms with Crippen molar-refractivity contribution in [3.8, 4) is 37.2 Å². The van der Waals surface area contributed by atoms with Crippen molar-refractivity contribution in [1.29, 1.82) is 0 Å². The molecule has 5 nitrogen and oxygen atoms in total. The highest BCUT2D eigenvalue weighted by Crippen LogP contribution is 2.29. The van der Waals surface area contributed by atoms with Crippen molar-refractivity contribution in [3.05, 3.63) is 54.1 Å². The zero-order valence-electron chi connectivity index (χ0n) is 20.5. The Kier molecular flexibility index (Phi) is 21.7. The van der Waals surface area contributed by atoms with Gasteiger partial charge < -0.3 is 19.9 Å². The summed E-state index contributed by atoms with van der Waals surface area (Å²) in [4.78, 5) is 10.2. The minimum atomic E-state index is -1.29. The summed E-state index contributed by atoms with van der Waals surface area (Å²) in [5, 5.41) is 0. The molecule has 1 unspecified atom stereocenters. The summed E-state index contributed by atoms with van der Waals surface area (Å²) < 4.78 is 12.6. The molecule has 0 fully saturated rings. The molecule has 0 bridgehead atoms. The van der Waals surface area contributed by atoms with E-state index in [0.29, 0.717) is 5.92 Å². The molecule has 2 aromatic carbocycles. The smallest absolute Gasteiger partial charge is 0.224 e. The number of hydrogen-bond acceptors (Lipinski definition) is 6. The van der Waals surface area contributed by atoms with Gasteiger partial charge in [0, 0.05) is 24.6 Å². The molecule has 0 amide bonds. The van der Waals surface area contributed by atoms with E-state index in [4.69, 9.17) is 19.9 Å². The van der Waals surface area contributed by atoms with Crippen LogP contribution in [0.2, 0.25) is 0 Å². The van der Waals surface area contributed by atoms with Crippen LogP contribution in [0, 0.1) is 38.5 Å². The lowest BCUT2D eigenvalue weighted by Crippen LogP contribution is -2.23. The summed E-state index contributed by atoms with van der Waals surface area (Å²) in [6.45, 7) is 11.0. The van der Waals surface area contributed by atoms with Crippen LogP contribution in [0.1, 0.15) is 25.8 Å². The topological polar surface area (TPSA) is 68.0 Å². The van der Waals surface area contributed by atoms with E-state index in [1.165, 1.54) is 10.5 Å². The molecule has 1 atom stereocenters. The molecule has 0 saturated carbocycles. The summed E-state index contributed by atoms with van der Waals surface area (Å²) in [5.41, 5.74) is 6.78. The molecule has 182 valence electrons. The molecule has 2 rings (SSSR count). The molecule has 0 aromatic heterocycles. The fourth-order valence-electron chi connectivity index (χ4n) is 2.39. The second kappa shape index (κ2) is 21.7. The van der Waals surface area contributed by atoms with Crippen molar-refractivity contribution >= 4 is 20.3 Å². The van der Waals surface area contributed by atoms with Gasteiger partial charge in [-0.15, -0.1) is 25.7 Å². The van der Waals surface area contributed by atoms with E-state index in [1.54, 1.807) is 25.7 Å². The SMILES string of the molecule is C#C.C#C.COc1ccc(SN(CCCN)CC(C)C)cc1.Cc1ccc(OP(C)O)cc1. The van der Waals surface area contributed by atoms with Crippen LogP contribution < -0.4 is 15.0 Å². The van der Waals surface area contributed by atoms with Crippen molar-refractivity contribution < 1.29 is 14.2 Å². The number of hydrogen-bond donors (Lipinski definition) is 2. The minimum Gasteiger partial charge on any atom is -0.497 e. The average Bonchev–Trinajstić information content (AvgIpc) is 2.82. The van der Waals surface area contributed by atoms with Gasteiger partial charge in [-0.25, -0.2) is 4.31 Å². The van der Waals surface area contributed by atoms with Gasteiger partial charge in [0.2, 0.25) is 8.38 Å². The van der Waals surface area contributed by atoms with Crippen LogP contribution in [0.5, 0.6) is 11.5 Å². The van der Waals surface area contributed by atoms with E-state index >= 15 is 0 Å². The Morgan fingerprint density at radius 3 is 1.94 bits per heavy atom. The standard InChI is InChI=1S/C14H24N2OS.C8H11O2P.2C2H2/c1-12(2)11-16(10-4-9-15)18-14-7-5-13(17-3)6-8-14;1-7-3-5-8(6-4-7)10-11(2)9;2*1-2/h5-8,12H,4,9-11,15H2,1-3H3;3-6,9H,1-2H3;2*1-2H. The molecule has 3 N–H and O–H groups in total. The summed E-state index contributed by atoms with van der Waals surface area (Å²) in [5.74, 6) is 2.29. The van der Waals surface area contributed by atoms with E-state index in [1.807, 2.05) is 43.3 Å². The van der Waals surface area contributed by atoms with Crippen LogP contribution in [0.15, 0.2) is 53.4 Å². The molecule has 0 aliphatic rings. The minimum absolute atomic E-state index is 0.661. The highest BCUT2D eigenvalue weighted by Gasteiger charge is 2.09. The van der Waals surface area contributed by atoms with Crippen LogP contribution in [0.4, 0.5) is 0 Å². The third-order valence-electron chi connectivity index (χ3n) is 3.73. The highest BCUT2D eigenvalue weighted by molar-refractivity contribution is 7.97. The van der Waals surface area contributed by atoms with Crippen LogP contribution in [0.3, 0.4) is 0 Å². The number of ether oxygens (including phenoxy) is 1. The third kappa shape index (κ3) is 18.0. The fraction of sp³-hybridized carbons (Fsp3) is 0.385. The second-order valence-corrected chi connectivity index (χ2v) is 9.34. The summed E-state index contributed by atoms with van der Waals surface area (Å²) in [6.07, 6.45) is 17.0. The van der Waals surface area contributed by atoms with Gasteiger partial charge in [0.25, 0.3) is 0 Å². The summed E-state index contributed by atoms with van der Waals surface area (Å²) in [6, 6.07) is 15.8. The van der Waals surface area contributed by atoms with E-state index in [9.17, 15) is 0 Å². The zero-order chi connectivity index (χ0) is 25.6. The van der Waals surface area contributed by atoms with Crippen LogP contribution in [-0.2, 0) is 0 Å². The average molecular weight is 491 g/mol. The first-order valence-electron chi connectivity index (χ1n) is 10.4. The quantitative estimate of drug-likeness (QED) is 0.249. The number of terminal acetylenes is 2. The Balaban J connectivity index is 0. The normalized spacial score (nSPS) is 10.5. The third-order valence-corrected chi connectivity index (χ3v) is 5.28. The first kappa shape index (κ1) is 33.0. The molecule has 2 aromatic rings. The van der Waals surface area contributed by atoms with Crippen LogP contribution in [0.25, 0.3) is 0 Å². The number of nitrogens with two attached hydrogens (primary N) is 1. The van der Waals surface area contributed by atoms with Gasteiger partial charge in [0.15, 0.2) is 0 Å². The van der Waals surface area contributed by atoms with Gasteiger partial charge in [-0.2, -0.15) is 0 Å². The monoisotopic (exact) mass is 490 g/mol. The molecule has 7 heteroatoms. The zero-order valence-corrected chi connectivity index (χ0v) is 22.2. The maximum atomic E-state index is 8.92. The molecule has 0 aliphatic heterocycles. The number of benzene rings is 2.